The molecule has 4 heteroatoms. The third kappa shape index (κ3) is 9.89. The Morgan fingerprint density at radius 3 is 2.58 bits per heavy atom. The van der Waals surface area contributed by atoms with E-state index in [-0.39, 0.29) is 31.1 Å². The van der Waals surface area contributed by atoms with Gasteiger partial charge < -0.3 is 4.79 Å². The van der Waals surface area contributed by atoms with Crippen molar-refractivity contribution in [3.63, 3.8) is 0 Å². The van der Waals surface area contributed by atoms with Crippen molar-refractivity contribution in [3.8, 4) is 0 Å². The van der Waals surface area contributed by atoms with Gasteiger partial charge in [-0.25, -0.2) is 0 Å². The van der Waals surface area contributed by atoms with E-state index < -0.39 is 0 Å². The molecule has 0 amide bonds. The van der Waals surface area contributed by atoms with Crippen molar-refractivity contribution >= 4 is 18.0 Å². The predicted octanol–water partition coefficient (Wildman–Crippen LogP) is -1.12. The van der Waals surface area contributed by atoms with E-state index in [0.29, 0.717) is 21.2 Å². The first-order valence-corrected chi connectivity index (χ1v) is 7.68. The second kappa shape index (κ2) is 12.8. The Bertz CT molecular complexity index is 97.1. The fourth-order valence-electron chi connectivity index (χ4n) is 0.698. The molecule has 1 aliphatic rings. The summed E-state index contributed by atoms with van der Waals surface area (Å²) in [5, 5.41) is 0.920. The molecule has 1 rings (SSSR count). The van der Waals surface area contributed by atoms with Gasteiger partial charge in [0, 0.05) is 0 Å². The number of hydrogen-bond acceptors (Lipinski definition) is 2. The molecule has 1 unspecified atom stereocenters. The van der Waals surface area contributed by atoms with Crippen molar-refractivity contribution in [3.05, 3.63) is 6.92 Å². The summed E-state index contributed by atoms with van der Waals surface area (Å²) in [5.41, 5.74) is 0. The van der Waals surface area contributed by atoms with Gasteiger partial charge in [0.1, 0.15) is 0 Å². The largest absolute Gasteiger partial charge is 2.00 e. The molecule has 1 fully saturated rings. The maximum Gasteiger partial charge on any atom is 2.00 e. The van der Waals surface area contributed by atoms with Gasteiger partial charge in [0.25, 0.3) is 0 Å². The zero-order valence-electron chi connectivity index (χ0n) is 7.31. The summed E-state index contributed by atoms with van der Waals surface area (Å²) >= 11 is 2.77. The Labute approximate surface area is 114 Å². The molecule has 1 atom stereocenters. The number of carbonyl (C=O) groups excluding carboxylic acids is 1. The van der Waals surface area contributed by atoms with Gasteiger partial charge in [-0.05, 0) is 0 Å². The van der Waals surface area contributed by atoms with Gasteiger partial charge in [-0.2, -0.15) is 6.92 Å². The fourth-order valence-corrected chi connectivity index (χ4v) is 6.36. The van der Waals surface area contributed by atoms with Crippen LogP contribution in [0.2, 0.25) is 0 Å². The van der Waals surface area contributed by atoms with E-state index in [1.165, 1.54) is 23.4 Å². The standard InChI is InChI=1S/C6H11IS.C2H3O.U/c1-2-6-3-4-7-5-8-6;1-2-3;/h6H,1-5H2;1H3;/q-2;-1;+2. The summed E-state index contributed by atoms with van der Waals surface area (Å²) < 4.78 is 3.03. The third-order valence-electron chi connectivity index (χ3n) is 1.26. The average Bonchev–Trinajstić information content (AvgIpc) is 2.08. The summed E-state index contributed by atoms with van der Waals surface area (Å²) in [6, 6.07) is 0. The van der Waals surface area contributed by atoms with Crippen molar-refractivity contribution in [2.45, 2.75) is 25.0 Å². The van der Waals surface area contributed by atoms with Crippen LogP contribution in [0.25, 0.3) is 0 Å². The fraction of sp³-hybridized carbons (Fsp3) is 0.750. The second-order valence-corrected chi connectivity index (χ2v) is 7.30. The number of alkyl halides is 2. The van der Waals surface area contributed by atoms with E-state index in [2.05, 4.69) is 18.7 Å². The maximum atomic E-state index is 8.68. The quantitative estimate of drug-likeness (QED) is 0.246. The smallest absolute Gasteiger partial charge is 2.00 e. The summed E-state index contributed by atoms with van der Waals surface area (Å²) in [6.45, 7) is 5.22. The Morgan fingerprint density at radius 1 is 1.75 bits per heavy atom. The molecule has 0 aliphatic carbocycles. The first-order chi connectivity index (χ1) is 5.35. The number of rotatable bonds is 1. The van der Waals surface area contributed by atoms with Gasteiger partial charge in [-0.1, -0.05) is 0 Å². The van der Waals surface area contributed by atoms with E-state index >= 15 is 0 Å². The summed E-state index contributed by atoms with van der Waals surface area (Å²) in [5.74, 6) is 0. The molecule has 0 aromatic rings. The zero-order valence-corrected chi connectivity index (χ0v) is 14.4. The van der Waals surface area contributed by atoms with Crippen molar-refractivity contribution in [1.82, 2.24) is 0 Å². The minimum absolute atomic E-state index is 0. The van der Waals surface area contributed by atoms with E-state index in [1.807, 2.05) is 0 Å². The topological polar surface area (TPSA) is 17.1 Å². The molecule has 0 radical (unpaired) electrons. The molecule has 1 nitrogen and oxygen atoms in total. The molecule has 0 saturated carbocycles. The van der Waals surface area contributed by atoms with Gasteiger partial charge in [-0.15, -0.1) is 0 Å². The number of thioether (sulfide) groups is 1. The normalized spacial score (nSPS) is 22.0. The van der Waals surface area contributed by atoms with Crippen LogP contribution in [0, 0.1) is 38.0 Å². The summed E-state index contributed by atoms with van der Waals surface area (Å²) in [7, 11) is 0. The van der Waals surface area contributed by atoms with Crippen molar-refractivity contribution in [2.75, 3.05) is 8.19 Å². The molecule has 0 N–H and O–H groups in total. The molecule has 0 bridgehead atoms. The van der Waals surface area contributed by atoms with Crippen LogP contribution in [-0.2, 0) is 4.79 Å². The van der Waals surface area contributed by atoms with Crippen molar-refractivity contribution in [1.29, 1.82) is 0 Å². The Balaban J connectivity index is 0. The Hall–Kier alpha value is 1.80. The van der Waals surface area contributed by atoms with E-state index in [9.17, 15) is 0 Å². The minimum Gasteiger partial charge on any atom is 2.00 e. The number of halogens is 1. The first-order valence-electron chi connectivity index (χ1n) is 3.58. The molecule has 70 valence electrons. The predicted molar refractivity (Wildman–Crippen MR) is 47.1 cm³/mol. The zero-order chi connectivity index (χ0) is 8.53. The van der Waals surface area contributed by atoms with Gasteiger partial charge >= 0.3 is 97.3 Å². The Morgan fingerprint density at radius 2 is 2.33 bits per heavy atom. The summed E-state index contributed by atoms with van der Waals surface area (Å²) in [4.78, 5) is 8.68. The van der Waals surface area contributed by atoms with Crippen LogP contribution in [0.5, 0.6) is 0 Å². The van der Waals surface area contributed by atoms with E-state index in [4.69, 9.17) is 4.79 Å². The molecule has 1 saturated heterocycles. The molecule has 0 aromatic carbocycles. The van der Waals surface area contributed by atoms with Crippen molar-refractivity contribution < 1.29 is 57.1 Å². The maximum absolute atomic E-state index is 8.68. The van der Waals surface area contributed by atoms with Crippen LogP contribution in [0.1, 0.15) is 19.8 Å². The third-order valence-corrected chi connectivity index (χ3v) is 6.27. The molecule has 0 aromatic heterocycles. The van der Waals surface area contributed by atoms with Gasteiger partial charge in [0.2, 0.25) is 0 Å². The van der Waals surface area contributed by atoms with Gasteiger partial charge in [-0.3, -0.25) is 6.29 Å². The van der Waals surface area contributed by atoms with Crippen LogP contribution < -0.4 is 21.2 Å². The number of hydrogen-bond donors (Lipinski definition) is 0. The van der Waals surface area contributed by atoms with Crippen LogP contribution in [0.15, 0.2) is 0 Å². The SMILES string of the molecule is C[C-]=O.[CH2-]CC1CC[I-]CS1.[U+2]. The summed E-state index contributed by atoms with van der Waals surface area (Å²) in [6.07, 6.45) is 4.11. The monoisotopic (exact) mass is 523 g/mol. The minimum atomic E-state index is 0. The first kappa shape index (κ1) is 16.2. The van der Waals surface area contributed by atoms with E-state index in [1.54, 1.807) is 4.43 Å². The van der Waals surface area contributed by atoms with Crippen molar-refractivity contribution in [2.24, 2.45) is 0 Å². The van der Waals surface area contributed by atoms with Gasteiger partial charge in [0.15, 0.2) is 0 Å². The molecular formula is C8H14IOSU-. The van der Waals surface area contributed by atoms with E-state index in [0.717, 1.165) is 11.7 Å². The van der Waals surface area contributed by atoms with Crippen LogP contribution in [-0.4, -0.2) is 19.7 Å². The molecule has 0 spiro atoms. The molecule has 1 heterocycles. The molecule has 1 aliphatic heterocycles. The van der Waals surface area contributed by atoms with Crippen LogP contribution in [0.4, 0.5) is 0 Å². The molecular weight excluding hydrogens is 509 g/mol. The average molecular weight is 523 g/mol. The van der Waals surface area contributed by atoms with Crippen LogP contribution >= 0.6 is 11.8 Å². The molecule has 12 heavy (non-hydrogen) atoms. The second-order valence-electron chi connectivity index (χ2n) is 2.06. The van der Waals surface area contributed by atoms with Gasteiger partial charge in [0.05, 0.1) is 0 Å². The van der Waals surface area contributed by atoms with Crippen LogP contribution in [0.3, 0.4) is 0 Å². The Kier molecular flexibility index (Phi) is 17.3.